The van der Waals surface area contributed by atoms with Crippen molar-refractivity contribution in [2.75, 3.05) is 6.61 Å². The van der Waals surface area contributed by atoms with Crippen LogP contribution in [0.1, 0.15) is 81.4 Å². The molecule has 1 heteroatoms. The molecular formula is C27H34O. The number of hydrogen-bond donors (Lipinski definition) is 0. The van der Waals surface area contributed by atoms with Crippen LogP contribution in [0.15, 0.2) is 48.5 Å². The molecule has 1 nitrogen and oxygen atoms in total. The summed E-state index contributed by atoms with van der Waals surface area (Å²) in [6, 6.07) is 17.6. The van der Waals surface area contributed by atoms with Crippen LogP contribution < -0.4 is 4.74 Å². The van der Waals surface area contributed by atoms with E-state index >= 15 is 0 Å². The van der Waals surface area contributed by atoms with Gasteiger partial charge in [0, 0.05) is 11.5 Å². The molecule has 0 aromatic heterocycles. The van der Waals surface area contributed by atoms with Crippen LogP contribution in [0.25, 0.3) is 0 Å². The molecule has 0 atom stereocenters. The number of unbranched alkanes of at least 4 members (excludes halogenated alkanes) is 2. The van der Waals surface area contributed by atoms with Gasteiger partial charge >= 0.3 is 0 Å². The molecule has 1 fully saturated rings. The Morgan fingerprint density at radius 2 is 1.57 bits per heavy atom. The maximum atomic E-state index is 5.49. The van der Waals surface area contributed by atoms with E-state index in [1.165, 1.54) is 62.5 Å². The van der Waals surface area contributed by atoms with Gasteiger partial charge < -0.3 is 4.74 Å². The Morgan fingerprint density at radius 1 is 0.857 bits per heavy atom. The maximum Gasteiger partial charge on any atom is 0.119 e. The van der Waals surface area contributed by atoms with Crippen LogP contribution in [0.4, 0.5) is 0 Å². The van der Waals surface area contributed by atoms with Gasteiger partial charge in [0.25, 0.3) is 0 Å². The quantitative estimate of drug-likeness (QED) is 0.369. The molecule has 1 saturated carbocycles. The first-order valence-electron chi connectivity index (χ1n) is 11.1. The molecule has 0 radical (unpaired) electrons. The lowest BCUT2D eigenvalue weighted by atomic mass is 9.78. The highest BCUT2D eigenvalue weighted by Gasteiger charge is 2.21. The average molecular weight is 375 g/mol. The lowest BCUT2D eigenvalue weighted by molar-refractivity contribution is 0.340. The third-order valence-corrected chi connectivity index (χ3v) is 5.83. The Balaban J connectivity index is 1.48. The minimum atomic E-state index is 0.538. The van der Waals surface area contributed by atoms with Gasteiger partial charge in [-0.15, -0.1) is 0 Å². The number of aryl methyl sites for hydroxylation is 1. The van der Waals surface area contributed by atoms with Crippen LogP contribution in [0.3, 0.4) is 0 Å². The number of rotatable bonds is 7. The van der Waals surface area contributed by atoms with Gasteiger partial charge in [-0.2, -0.15) is 0 Å². The third-order valence-electron chi connectivity index (χ3n) is 5.83. The molecule has 0 N–H and O–H groups in total. The minimum Gasteiger partial charge on any atom is -0.494 e. The fourth-order valence-electron chi connectivity index (χ4n) is 4.09. The Kier molecular flexibility index (Phi) is 8.04. The predicted molar refractivity (Wildman–Crippen MR) is 119 cm³/mol. The van der Waals surface area contributed by atoms with Gasteiger partial charge in [-0.25, -0.2) is 0 Å². The van der Waals surface area contributed by atoms with Gasteiger partial charge in [-0.3, -0.25) is 0 Å². The second kappa shape index (κ2) is 11.0. The summed E-state index contributed by atoms with van der Waals surface area (Å²) in [7, 11) is 0. The molecule has 1 aliphatic rings. The van der Waals surface area contributed by atoms with Crippen LogP contribution in [-0.2, 0) is 6.42 Å². The molecule has 0 bridgehead atoms. The molecule has 0 aliphatic heterocycles. The first-order chi connectivity index (χ1) is 13.8. The van der Waals surface area contributed by atoms with Gasteiger partial charge in [0.15, 0.2) is 0 Å². The molecule has 0 saturated heterocycles. The van der Waals surface area contributed by atoms with Crippen molar-refractivity contribution in [1.82, 2.24) is 0 Å². The SMILES string of the molecule is CCCCCc1ccc(C2CCC(C#Cc3ccc(OCC)cc3)CC2)cc1. The molecule has 0 amide bonds. The lowest BCUT2D eigenvalue weighted by Crippen LogP contribution is -2.12. The highest BCUT2D eigenvalue weighted by atomic mass is 16.5. The third kappa shape index (κ3) is 6.16. The van der Waals surface area contributed by atoms with Crippen molar-refractivity contribution >= 4 is 0 Å². The monoisotopic (exact) mass is 374 g/mol. The number of hydrogen-bond acceptors (Lipinski definition) is 1. The zero-order chi connectivity index (χ0) is 19.6. The molecule has 3 rings (SSSR count). The van der Waals surface area contributed by atoms with Gasteiger partial charge in [0.1, 0.15) is 5.75 Å². The zero-order valence-corrected chi connectivity index (χ0v) is 17.5. The summed E-state index contributed by atoms with van der Waals surface area (Å²) in [6.45, 7) is 4.98. The Labute approximate surface area is 171 Å². The smallest absolute Gasteiger partial charge is 0.119 e. The fraction of sp³-hybridized carbons (Fsp3) is 0.481. The molecular weight excluding hydrogens is 340 g/mol. The van der Waals surface area contributed by atoms with E-state index in [-0.39, 0.29) is 0 Å². The number of benzene rings is 2. The van der Waals surface area contributed by atoms with Crippen molar-refractivity contribution in [2.24, 2.45) is 5.92 Å². The average Bonchev–Trinajstić information content (AvgIpc) is 2.75. The van der Waals surface area contributed by atoms with E-state index in [0.717, 1.165) is 11.3 Å². The normalized spacial score (nSPS) is 18.9. The van der Waals surface area contributed by atoms with Crippen molar-refractivity contribution in [1.29, 1.82) is 0 Å². The molecule has 0 unspecified atom stereocenters. The standard InChI is InChI=1S/C27H34O/c1-3-5-6-7-22-10-16-25(17-11-22)26-18-12-23(13-19-26)8-9-24-14-20-27(21-15-24)28-4-2/h10-11,14-17,20-21,23,26H,3-7,12-13,18-19H2,1-2H3. The van der Waals surface area contributed by atoms with Crippen LogP contribution in [0, 0.1) is 17.8 Å². The van der Waals surface area contributed by atoms with E-state index < -0.39 is 0 Å². The van der Waals surface area contributed by atoms with Gasteiger partial charge in [-0.1, -0.05) is 55.9 Å². The second-order valence-electron chi connectivity index (χ2n) is 7.97. The van der Waals surface area contributed by atoms with E-state index in [4.69, 9.17) is 4.74 Å². The van der Waals surface area contributed by atoms with Crippen molar-refractivity contribution < 1.29 is 4.74 Å². The van der Waals surface area contributed by atoms with Crippen LogP contribution in [0.5, 0.6) is 5.75 Å². The van der Waals surface area contributed by atoms with E-state index in [1.54, 1.807) is 0 Å². The highest BCUT2D eigenvalue weighted by molar-refractivity contribution is 5.38. The molecule has 2 aromatic carbocycles. The summed E-state index contributed by atoms with van der Waals surface area (Å²) < 4.78 is 5.49. The minimum absolute atomic E-state index is 0.538. The largest absolute Gasteiger partial charge is 0.494 e. The molecule has 28 heavy (non-hydrogen) atoms. The maximum absolute atomic E-state index is 5.49. The molecule has 0 heterocycles. The zero-order valence-electron chi connectivity index (χ0n) is 17.5. The van der Waals surface area contributed by atoms with E-state index in [1.807, 2.05) is 19.1 Å². The highest BCUT2D eigenvalue weighted by Crippen LogP contribution is 2.35. The van der Waals surface area contributed by atoms with E-state index in [2.05, 4.69) is 55.2 Å². The summed E-state index contributed by atoms with van der Waals surface area (Å²) in [5, 5.41) is 0. The molecule has 1 aliphatic carbocycles. The van der Waals surface area contributed by atoms with E-state index in [9.17, 15) is 0 Å². The summed E-state index contributed by atoms with van der Waals surface area (Å²) in [6.07, 6.45) is 10.1. The van der Waals surface area contributed by atoms with Crippen molar-refractivity contribution in [3.8, 4) is 17.6 Å². The molecule has 0 spiro atoms. The van der Waals surface area contributed by atoms with Crippen LogP contribution >= 0.6 is 0 Å². The summed E-state index contributed by atoms with van der Waals surface area (Å²) in [5.74, 6) is 9.05. The van der Waals surface area contributed by atoms with Gasteiger partial charge in [0.05, 0.1) is 6.61 Å². The van der Waals surface area contributed by atoms with Gasteiger partial charge in [0.2, 0.25) is 0 Å². The summed E-state index contributed by atoms with van der Waals surface area (Å²) in [5.41, 5.74) is 4.11. The van der Waals surface area contributed by atoms with Gasteiger partial charge in [-0.05, 0) is 86.8 Å². The predicted octanol–water partition coefficient (Wildman–Crippen LogP) is 7.14. The van der Waals surface area contributed by atoms with Crippen molar-refractivity contribution in [3.05, 3.63) is 65.2 Å². The molecule has 2 aromatic rings. The lowest BCUT2D eigenvalue weighted by Gasteiger charge is -2.26. The Bertz CT molecular complexity index is 753. The second-order valence-corrected chi connectivity index (χ2v) is 7.97. The van der Waals surface area contributed by atoms with Crippen LogP contribution in [-0.4, -0.2) is 6.61 Å². The fourth-order valence-corrected chi connectivity index (χ4v) is 4.09. The van der Waals surface area contributed by atoms with E-state index in [0.29, 0.717) is 18.4 Å². The first kappa shape index (κ1) is 20.5. The van der Waals surface area contributed by atoms with Crippen molar-refractivity contribution in [3.63, 3.8) is 0 Å². The first-order valence-corrected chi connectivity index (χ1v) is 11.1. The Morgan fingerprint density at radius 3 is 2.21 bits per heavy atom. The molecule has 148 valence electrons. The van der Waals surface area contributed by atoms with Crippen molar-refractivity contribution in [2.45, 2.75) is 71.1 Å². The Hall–Kier alpha value is -2.20. The number of ether oxygens (including phenoxy) is 1. The van der Waals surface area contributed by atoms with Crippen LogP contribution in [0.2, 0.25) is 0 Å². The topological polar surface area (TPSA) is 9.23 Å². The summed E-state index contributed by atoms with van der Waals surface area (Å²) >= 11 is 0. The summed E-state index contributed by atoms with van der Waals surface area (Å²) in [4.78, 5) is 0.